The smallest absolute Gasteiger partial charge is 0.132 e. The molecule has 1 aliphatic rings. The van der Waals surface area contributed by atoms with Crippen LogP contribution in [0.25, 0.3) is 0 Å². The van der Waals surface area contributed by atoms with Crippen molar-refractivity contribution in [3.05, 3.63) is 35.1 Å². The highest BCUT2D eigenvalue weighted by Crippen LogP contribution is 2.40. The number of hydrogen-bond donors (Lipinski definition) is 0. The molecule has 0 amide bonds. The van der Waals surface area contributed by atoms with Crippen molar-refractivity contribution in [1.82, 2.24) is 0 Å². The van der Waals surface area contributed by atoms with Gasteiger partial charge in [0.15, 0.2) is 0 Å². The summed E-state index contributed by atoms with van der Waals surface area (Å²) in [7, 11) is 0. The molecule has 0 N–H and O–H groups in total. The van der Waals surface area contributed by atoms with E-state index < -0.39 is 0 Å². The third-order valence-corrected chi connectivity index (χ3v) is 3.35. The van der Waals surface area contributed by atoms with E-state index in [1.807, 2.05) is 12.1 Å². The average Bonchev–Trinajstić information content (AvgIpc) is 3.02. The number of benzene rings is 1. The van der Waals surface area contributed by atoms with Crippen LogP contribution in [0.15, 0.2) is 22.6 Å². The average molecular weight is 251 g/mol. The maximum atomic E-state index is 13.6. The molecular weight excluding hydrogens is 233 g/mol. The first-order valence-corrected chi connectivity index (χ1v) is 6.74. The normalized spacial score (nSPS) is 16.7. The first-order valence-electron chi connectivity index (χ1n) is 5.97. The summed E-state index contributed by atoms with van der Waals surface area (Å²) in [6, 6.07) is 5.37. The van der Waals surface area contributed by atoms with Crippen molar-refractivity contribution in [1.29, 1.82) is 0 Å². The van der Waals surface area contributed by atoms with E-state index in [0.717, 1.165) is 0 Å². The Bertz CT molecular complexity index is 430. The van der Waals surface area contributed by atoms with E-state index in [2.05, 4.69) is 25.2 Å². The first-order chi connectivity index (χ1) is 7.96. The van der Waals surface area contributed by atoms with Crippen molar-refractivity contribution in [3.8, 4) is 0 Å². The Morgan fingerprint density at radius 3 is 2.65 bits per heavy atom. The molecule has 3 heteroatoms. The van der Waals surface area contributed by atoms with Gasteiger partial charge in [0.1, 0.15) is 5.82 Å². The number of rotatable bonds is 3. The lowest BCUT2D eigenvalue weighted by atomic mass is 10.1. The molecule has 92 valence electrons. The van der Waals surface area contributed by atoms with Crippen LogP contribution in [0.2, 0.25) is 0 Å². The van der Waals surface area contributed by atoms with Crippen molar-refractivity contribution in [2.45, 2.75) is 44.3 Å². The predicted molar refractivity (Wildman–Crippen MR) is 73.3 cm³/mol. The molecule has 17 heavy (non-hydrogen) atoms. The minimum Gasteiger partial charge on any atom is -0.223 e. The summed E-state index contributed by atoms with van der Waals surface area (Å²) >= 11 is 1.47. The fourth-order valence-electron chi connectivity index (χ4n) is 1.57. The SMILES string of the molecule is CC(C)(C)S/N=C/c1cc(C2CC2)ccc1F. The molecule has 0 unspecified atom stereocenters. The van der Waals surface area contributed by atoms with E-state index in [1.165, 1.54) is 30.4 Å². The second-order valence-corrected chi connectivity index (χ2v) is 7.11. The summed E-state index contributed by atoms with van der Waals surface area (Å²) in [4.78, 5) is 0. The van der Waals surface area contributed by atoms with E-state index in [-0.39, 0.29) is 10.6 Å². The van der Waals surface area contributed by atoms with Gasteiger partial charge >= 0.3 is 0 Å². The summed E-state index contributed by atoms with van der Waals surface area (Å²) in [5.74, 6) is 0.464. The molecule has 0 aromatic heterocycles. The Kier molecular flexibility index (Phi) is 3.57. The molecule has 0 aliphatic heterocycles. The van der Waals surface area contributed by atoms with Gasteiger partial charge in [0.05, 0.1) is 0 Å². The number of hydrogen-bond acceptors (Lipinski definition) is 2. The fraction of sp³-hybridized carbons (Fsp3) is 0.500. The lowest BCUT2D eigenvalue weighted by Gasteiger charge is -2.12. The molecule has 1 aromatic carbocycles. The van der Waals surface area contributed by atoms with Gasteiger partial charge in [-0.15, -0.1) is 0 Å². The van der Waals surface area contributed by atoms with Crippen molar-refractivity contribution in [2.24, 2.45) is 4.40 Å². The van der Waals surface area contributed by atoms with Gasteiger partial charge in [0.2, 0.25) is 0 Å². The fourth-order valence-corrected chi connectivity index (χ4v) is 2.06. The molecule has 0 spiro atoms. The molecular formula is C14H18FNS. The maximum Gasteiger partial charge on any atom is 0.132 e. The summed E-state index contributed by atoms with van der Waals surface area (Å²) in [5, 5.41) is 0. The monoisotopic (exact) mass is 251 g/mol. The van der Waals surface area contributed by atoms with Gasteiger partial charge in [-0.2, -0.15) is 0 Å². The zero-order valence-electron chi connectivity index (χ0n) is 10.5. The quantitative estimate of drug-likeness (QED) is 0.566. The molecule has 1 aromatic rings. The van der Waals surface area contributed by atoms with Crippen molar-refractivity contribution >= 4 is 18.2 Å². The van der Waals surface area contributed by atoms with Crippen LogP contribution in [0.5, 0.6) is 0 Å². The summed E-state index contributed by atoms with van der Waals surface area (Å²) in [5.41, 5.74) is 1.85. The molecule has 0 atom stereocenters. The Morgan fingerprint density at radius 2 is 2.06 bits per heavy atom. The van der Waals surface area contributed by atoms with Gasteiger partial charge in [-0.05, 0) is 69.2 Å². The van der Waals surface area contributed by atoms with Crippen molar-refractivity contribution in [3.63, 3.8) is 0 Å². The zero-order valence-corrected chi connectivity index (χ0v) is 11.4. The van der Waals surface area contributed by atoms with Crippen LogP contribution in [0.3, 0.4) is 0 Å². The Labute approximate surface area is 107 Å². The van der Waals surface area contributed by atoms with Crippen molar-refractivity contribution in [2.75, 3.05) is 0 Å². The Morgan fingerprint density at radius 1 is 1.35 bits per heavy atom. The van der Waals surface area contributed by atoms with Crippen LogP contribution in [0.1, 0.15) is 50.7 Å². The highest BCUT2D eigenvalue weighted by atomic mass is 32.2. The zero-order chi connectivity index (χ0) is 12.5. The predicted octanol–water partition coefficient (Wildman–Crippen LogP) is 4.57. The van der Waals surface area contributed by atoms with Crippen LogP contribution < -0.4 is 0 Å². The van der Waals surface area contributed by atoms with Crippen LogP contribution >= 0.6 is 11.9 Å². The third kappa shape index (κ3) is 3.84. The number of nitrogens with zero attached hydrogens (tertiary/aromatic N) is 1. The van der Waals surface area contributed by atoms with E-state index in [1.54, 1.807) is 12.3 Å². The lowest BCUT2D eigenvalue weighted by molar-refractivity contribution is 0.625. The Balaban J connectivity index is 2.11. The summed E-state index contributed by atoms with van der Waals surface area (Å²) in [6.45, 7) is 6.27. The van der Waals surface area contributed by atoms with Gasteiger partial charge in [-0.25, -0.2) is 8.79 Å². The molecule has 1 saturated carbocycles. The van der Waals surface area contributed by atoms with E-state index in [9.17, 15) is 4.39 Å². The summed E-state index contributed by atoms with van der Waals surface area (Å²) < 4.78 is 17.9. The van der Waals surface area contributed by atoms with Gasteiger partial charge in [-0.1, -0.05) is 6.07 Å². The second-order valence-electron chi connectivity index (χ2n) is 5.49. The second kappa shape index (κ2) is 4.81. The van der Waals surface area contributed by atoms with Crippen molar-refractivity contribution < 1.29 is 4.39 Å². The highest BCUT2D eigenvalue weighted by Gasteiger charge is 2.23. The third-order valence-electron chi connectivity index (χ3n) is 2.59. The largest absolute Gasteiger partial charge is 0.223 e. The maximum absolute atomic E-state index is 13.6. The lowest BCUT2D eigenvalue weighted by Crippen LogP contribution is -2.05. The van der Waals surface area contributed by atoms with Crippen LogP contribution in [0, 0.1) is 5.82 Å². The molecule has 0 radical (unpaired) electrons. The van der Waals surface area contributed by atoms with Gasteiger partial charge in [-0.3, -0.25) is 0 Å². The molecule has 0 bridgehead atoms. The van der Waals surface area contributed by atoms with Crippen LogP contribution in [0.4, 0.5) is 4.39 Å². The van der Waals surface area contributed by atoms with E-state index in [0.29, 0.717) is 11.5 Å². The summed E-state index contributed by atoms with van der Waals surface area (Å²) in [6.07, 6.45) is 4.11. The van der Waals surface area contributed by atoms with Gasteiger partial charge in [0, 0.05) is 16.5 Å². The van der Waals surface area contributed by atoms with Gasteiger partial charge < -0.3 is 0 Å². The first kappa shape index (κ1) is 12.6. The molecule has 1 nitrogen and oxygen atoms in total. The van der Waals surface area contributed by atoms with Crippen LogP contribution in [-0.4, -0.2) is 11.0 Å². The molecule has 1 aliphatic carbocycles. The number of halogens is 1. The molecule has 1 fully saturated rings. The topological polar surface area (TPSA) is 12.4 Å². The molecule has 2 rings (SSSR count). The standard InChI is InChI=1S/C14H18FNS/c1-14(2,3)17-16-9-12-8-11(10-4-5-10)6-7-13(12)15/h6-10H,4-5H2,1-3H3/b16-9+. The van der Waals surface area contributed by atoms with E-state index >= 15 is 0 Å². The molecule has 0 saturated heterocycles. The Hall–Kier alpha value is -0.830. The van der Waals surface area contributed by atoms with Crippen LogP contribution in [-0.2, 0) is 0 Å². The highest BCUT2D eigenvalue weighted by molar-refractivity contribution is 7.99. The van der Waals surface area contributed by atoms with E-state index in [4.69, 9.17) is 0 Å². The molecule has 0 heterocycles. The minimum atomic E-state index is -0.187. The van der Waals surface area contributed by atoms with Gasteiger partial charge in [0.25, 0.3) is 0 Å². The minimum absolute atomic E-state index is 0.0705.